The average Bonchev–Trinajstić information content (AvgIpc) is 2.73. The van der Waals surface area contributed by atoms with Crippen LogP contribution in [0.5, 0.6) is 35.0 Å². The summed E-state index contributed by atoms with van der Waals surface area (Å²) >= 11 is 0. The van der Waals surface area contributed by atoms with Crippen LogP contribution in [0, 0.1) is 0 Å². The first-order chi connectivity index (χ1) is 17.2. The van der Waals surface area contributed by atoms with Crippen molar-refractivity contribution in [2.45, 2.75) is 105 Å². The summed E-state index contributed by atoms with van der Waals surface area (Å²) in [5.74, 6) is 1.58. The third kappa shape index (κ3) is 6.55. The van der Waals surface area contributed by atoms with Gasteiger partial charge in [-0.2, -0.15) is 9.97 Å². The van der Waals surface area contributed by atoms with Gasteiger partial charge in [-0.1, -0.05) is 83.1 Å². The van der Waals surface area contributed by atoms with E-state index >= 15 is 0 Å². The molecule has 0 saturated carbocycles. The molecule has 38 heavy (non-hydrogen) atoms. The molecule has 3 rings (SSSR count). The zero-order chi connectivity index (χ0) is 28.8. The second-order valence-corrected chi connectivity index (χ2v) is 14.0. The lowest BCUT2D eigenvalue weighted by molar-refractivity contribution is 0.384. The normalized spacial score (nSPS) is 12.9. The van der Waals surface area contributed by atoms with E-state index in [1.54, 1.807) is 0 Å². The summed E-state index contributed by atoms with van der Waals surface area (Å²) in [6.45, 7) is 24.5. The Morgan fingerprint density at radius 1 is 0.500 bits per heavy atom. The first kappa shape index (κ1) is 29.2. The SMILES string of the molecule is CC(C)(C)c1cc(Oc2ncnc(Oc3cc(C(C)(C)C)c(O)c(C(C)(C)C)c3)n2)cc(C(C)(C)C)c1O. The molecule has 7 nitrogen and oxygen atoms in total. The topological polar surface area (TPSA) is 97.6 Å². The first-order valence-corrected chi connectivity index (χ1v) is 13.0. The van der Waals surface area contributed by atoms with Gasteiger partial charge in [0, 0.05) is 22.3 Å². The Bertz CT molecular complexity index is 1150. The molecule has 7 heteroatoms. The molecule has 2 aromatic carbocycles. The largest absolute Gasteiger partial charge is 0.507 e. The number of aromatic hydroxyl groups is 2. The van der Waals surface area contributed by atoms with Gasteiger partial charge in [0.15, 0.2) is 0 Å². The molecule has 0 bridgehead atoms. The number of hydrogen-bond donors (Lipinski definition) is 2. The number of hydrogen-bond acceptors (Lipinski definition) is 7. The fraction of sp³-hybridized carbons (Fsp3) is 0.516. The third-order valence-electron chi connectivity index (χ3n) is 6.34. The summed E-state index contributed by atoms with van der Waals surface area (Å²) in [5, 5.41) is 22.0. The van der Waals surface area contributed by atoms with Crippen molar-refractivity contribution in [3.8, 4) is 35.0 Å². The first-order valence-electron chi connectivity index (χ1n) is 13.0. The fourth-order valence-corrected chi connectivity index (χ4v) is 4.20. The molecule has 3 aromatic rings. The lowest BCUT2D eigenvalue weighted by atomic mass is 9.79. The van der Waals surface area contributed by atoms with Gasteiger partial charge in [-0.3, -0.25) is 0 Å². The number of benzene rings is 2. The van der Waals surface area contributed by atoms with E-state index in [4.69, 9.17) is 9.47 Å². The van der Waals surface area contributed by atoms with Gasteiger partial charge in [0.1, 0.15) is 29.3 Å². The van der Waals surface area contributed by atoms with E-state index in [1.165, 1.54) is 6.33 Å². The number of nitrogens with zero attached hydrogens (tertiary/aromatic N) is 3. The second kappa shape index (κ2) is 9.75. The van der Waals surface area contributed by atoms with Crippen LogP contribution in [0.3, 0.4) is 0 Å². The number of phenolic OH excluding ortho intramolecular Hbond substituents is 2. The maximum absolute atomic E-state index is 11.0. The Kier molecular flexibility index (Phi) is 7.50. The molecule has 2 N–H and O–H groups in total. The molecule has 0 fully saturated rings. The molecular formula is C31H43N3O4. The zero-order valence-electron chi connectivity index (χ0n) is 24.9. The highest BCUT2D eigenvalue weighted by molar-refractivity contribution is 5.53. The Morgan fingerprint density at radius 2 is 0.763 bits per heavy atom. The molecule has 0 spiro atoms. The zero-order valence-corrected chi connectivity index (χ0v) is 24.9. The maximum atomic E-state index is 11.0. The molecular weight excluding hydrogens is 478 g/mol. The van der Waals surface area contributed by atoms with Gasteiger partial charge < -0.3 is 19.7 Å². The number of aromatic nitrogens is 3. The van der Waals surface area contributed by atoms with E-state index in [-0.39, 0.29) is 45.2 Å². The molecule has 1 heterocycles. The van der Waals surface area contributed by atoms with E-state index in [1.807, 2.05) is 107 Å². The number of rotatable bonds is 4. The summed E-state index contributed by atoms with van der Waals surface area (Å²) in [4.78, 5) is 12.8. The van der Waals surface area contributed by atoms with Crippen molar-refractivity contribution >= 4 is 0 Å². The van der Waals surface area contributed by atoms with Gasteiger partial charge in [0.05, 0.1) is 0 Å². The van der Waals surface area contributed by atoms with Crippen LogP contribution in [0.4, 0.5) is 0 Å². The van der Waals surface area contributed by atoms with Crippen molar-refractivity contribution in [1.82, 2.24) is 15.0 Å². The van der Waals surface area contributed by atoms with Crippen molar-refractivity contribution in [1.29, 1.82) is 0 Å². The van der Waals surface area contributed by atoms with E-state index in [0.717, 1.165) is 22.3 Å². The maximum Gasteiger partial charge on any atom is 0.328 e. The third-order valence-corrected chi connectivity index (χ3v) is 6.34. The summed E-state index contributed by atoms with van der Waals surface area (Å²) in [7, 11) is 0. The van der Waals surface area contributed by atoms with E-state index < -0.39 is 0 Å². The van der Waals surface area contributed by atoms with Gasteiger partial charge in [0.2, 0.25) is 0 Å². The summed E-state index contributed by atoms with van der Waals surface area (Å²) < 4.78 is 12.1. The lowest BCUT2D eigenvalue weighted by Crippen LogP contribution is -2.17. The van der Waals surface area contributed by atoms with Gasteiger partial charge in [-0.05, 0) is 45.9 Å². The minimum atomic E-state index is -0.300. The molecule has 0 unspecified atom stereocenters. The summed E-state index contributed by atoms with van der Waals surface area (Å²) in [5.41, 5.74) is 1.91. The van der Waals surface area contributed by atoms with Crippen molar-refractivity contribution in [2.75, 3.05) is 0 Å². The Balaban J connectivity index is 2.01. The molecule has 0 amide bonds. The molecule has 0 atom stereocenters. The van der Waals surface area contributed by atoms with Gasteiger partial charge in [-0.15, -0.1) is 4.98 Å². The van der Waals surface area contributed by atoms with Crippen molar-refractivity contribution in [3.05, 3.63) is 52.8 Å². The number of phenols is 2. The van der Waals surface area contributed by atoms with Gasteiger partial charge in [-0.25, -0.2) is 0 Å². The van der Waals surface area contributed by atoms with Crippen LogP contribution < -0.4 is 9.47 Å². The Labute approximate surface area is 227 Å². The molecule has 0 aliphatic rings. The average molecular weight is 522 g/mol. The second-order valence-electron chi connectivity index (χ2n) is 14.0. The van der Waals surface area contributed by atoms with Crippen molar-refractivity contribution < 1.29 is 19.7 Å². The van der Waals surface area contributed by atoms with Crippen molar-refractivity contribution in [3.63, 3.8) is 0 Å². The summed E-state index contributed by atoms with van der Waals surface area (Å²) in [6, 6.07) is 7.43. The molecule has 0 radical (unpaired) electrons. The standard InChI is InChI=1S/C31H43N3O4/c1-28(2,3)20-13-18(14-21(24(20)35)29(4,5)6)37-26-32-17-33-27(34-26)38-19-15-22(30(7,8)9)25(36)23(16-19)31(10,11)12/h13-17,35-36H,1-12H3. The van der Waals surface area contributed by atoms with Crippen molar-refractivity contribution in [2.24, 2.45) is 0 Å². The van der Waals surface area contributed by atoms with Crippen LogP contribution >= 0.6 is 0 Å². The predicted octanol–water partition coefficient (Wildman–Crippen LogP) is 8.06. The highest BCUT2D eigenvalue weighted by Gasteiger charge is 2.29. The predicted molar refractivity (Wildman–Crippen MR) is 151 cm³/mol. The monoisotopic (exact) mass is 521 g/mol. The van der Waals surface area contributed by atoms with Crippen LogP contribution in [0.2, 0.25) is 0 Å². The van der Waals surface area contributed by atoms with E-state index in [2.05, 4.69) is 15.0 Å². The van der Waals surface area contributed by atoms with Crippen LogP contribution in [0.1, 0.15) is 105 Å². The quantitative estimate of drug-likeness (QED) is 0.358. The van der Waals surface area contributed by atoms with Crippen LogP contribution in [0.15, 0.2) is 30.6 Å². The number of ether oxygens (including phenoxy) is 2. The fourth-order valence-electron chi connectivity index (χ4n) is 4.20. The molecule has 206 valence electrons. The highest BCUT2D eigenvalue weighted by atomic mass is 16.5. The minimum absolute atomic E-state index is 0.0753. The molecule has 0 aliphatic heterocycles. The van der Waals surface area contributed by atoms with Crippen LogP contribution in [0.25, 0.3) is 0 Å². The smallest absolute Gasteiger partial charge is 0.328 e. The molecule has 1 aromatic heterocycles. The van der Waals surface area contributed by atoms with Gasteiger partial charge >= 0.3 is 12.0 Å². The van der Waals surface area contributed by atoms with Crippen LogP contribution in [-0.4, -0.2) is 25.2 Å². The minimum Gasteiger partial charge on any atom is -0.507 e. The molecule has 0 saturated heterocycles. The summed E-state index contributed by atoms with van der Waals surface area (Å²) in [6.07, 6.45) is 1.34. The van der Waals surface area contributed by atoms with E-state index in [9.17, 15) is 10.2 Å². The highest BCUT2D eigenvalue weighted by Crippen LogP contribution is 2.44. The Morgan fingerprint density at radius 3 is 1.00 bits per heavy atom. The lowest BCUT2D eigenvalue weighted by Gasteiger charge is -2.28. The Hall–Kier alpha value is -3.35. The molecule has 0 aliphatic carbocycles. The van der Waals surface area contributed by atoms with Crippen LogP contribution in [-0.2, 0) is 21.7 Å². The van der Waals surface area contributed by atoms with E-state index in [0.29, 0.717) is 11.5 Å². The van der Waals surface area contributed by atoms with Gasteiger partial charge in [0.25, 0.3) is 0 Å².